The number of thioether (sulfide) groups is 1. The first-order valence-corrected chi connectivity index (χ1v) is 12.6. The van der Waals surface area contributed by atoms with Crippen LogP contribution in [0.3, 0.4) is 0 Å². The Balaban J connectivity index is 1.51. The number of esters is 1. The fourth-order valence-electron chi connectivity index (χ4n) is 3.76. The Morgan fingerprint density at radius 2 is 2.12 bits per heavy atom. The quantitative estimate of drug-likeness (QED) is 0.561. The first-order valence-electron chi connectivity index (χ1n) is 10.8. The number of hydrogen-bond acceptors (Lipinski definition) is 8. The van der Waals surface area contributed by atoms with Crippen molar-refractivity contribution in [3.63, 3.8) is 0 Å². The van der Waals surface area contributed by atoms with Crippen LogP contribution in [0.5, 0.6) is 0 Å². The summed E-state index contributed by atoms with van der Waals surface area (Å²) in [5, 5.41) is 9.69. The van der Waals surface area contributed by atoms with Crippen LogP contribution in [0.2, 0.25) is 0 Å². The Morgan fingerprint density at radius 1 is 1.27 bits per heavy atom. The van der Waals surface area contributed by atoms with Gasteiger partial charge in [0.2, 0.25) is 5.91 Å². The van der Waals surface area contributed by atoms with Crippen molar-refractivity contribution in [2.75, 3.05) is 6.54 Å². The molecule has 172 valence electrons. The second-order valence-electron chi connectivity index (χ2n) is 8.00. The van der Waals surface area contributed by atoms with Crippen molar-refractivity contribution in [1.82, 2.24) is 15.2 Å². The Hall–Kier alpha value is -2.91. The summed E-state index contributed by atoms with van der Waals surface area (Å²) in [7, 11) is 0. The number of aromatic nitrogens is 1. The number of allylic oxidation sites excluding steroid dienone is 1. The molecular formula is C24H26N4O3S2. The van der Waals surface area contributed by atoms with Crippen molar-refractivity contribution in [2.24, 2.45) is 4.99 Å². The van der Waals surface area contributed by atoms with E-state index in [1.807, 2.05) is 66.1 Å². The van der Waals surface area contributed by atoms with Gasteiger partial charge in [-0.25, -0.2) is 9.79 Å². The monoisotopic (exact) mass is 482 g/mol. The molecule has 0 saturated heterocycles. The zero-order valence-electron chi connectivity index (χ0n) is 18.8. The molecule has 0 aliphatic carbocycles. The summed E-state index contributed by atoms with van der Waals surface area (Å²) in [6.07, 6.45) is 2.37. The number of pyridine rings is 1. The Kier molecular flexibility index (Phi) is 7.29. The summed E-state index contributed by atoms with van der Waals surface area (Å²) in [4.78, 5) is 36.7. The van der Waals surface area contributed by atoms with Crippen LogP contribution in [0, 0.1) is 0 Å². The number of carbonyl (C=O) groups excluding carboxylic acids is 2. The third kappa shape index (κ3) is 5.36. The molecule has 0 bridgehead atoms. The van der Waals surface area contributed by atoms with Gasteiger partial charge in [-0.15, -0.1) is 0 Å². The van der Waals surface area contributed by atoms with Gasteiger partial charge in [-0.2, -0.15) is 11.3 Å². The average Bonchev–Trinajstić information content (AvgIpc) is 3.43. The number of amidine groups is 1. The van der Waals surface area contributed by atoms with Crippen molar-refractivity contribution < 1.29 is 14.3 Å². The summed E-state index contributed by atoms with van der Waals surface area (Å²) >= 11 is 3.04. The summed E-state index contributed by atoms with van der Waals surface area (Å²) in [5.74, 6) is -0.460. The second-order valence-corrected chi connectivity index (χ2v) is 9.62. The Labute approximate surface area is 201 Å². The number of hydrogen-bond donors (Lipinski definition) is 1. The standard InChI is InChI=1S/C24H26N4O3S2/c1-15(2)31-23(30)21-16(3)27-24-28(22(21)17-8-11-32-13-17)19(14-33-24)12-20(29)26-10-7-18-6-4-5-9-25-18/h4-6,8-9,11,13-15,22H,7,10,12H2,1-3H3,(H,26,29). The highest BCUT2D eigenvalue weighted by Gasteiger charge is 2.41. The molecule has 4 heterocycles. The maximum atomic E-state index is 13.0. The molecular weight excluding hydrogens is 456 g/mol. The van der Waals surface area contributed by atoms with Crippen LogP contribution >= 0.6 is 23.1 Å². The van der Waals surface area contributed by atoms with Crippen LogP contribution in [0.15, 0.2) is 68.6 Å². The minimum absolute atomic E-state index is 0.0827. The van der Waals surface area contributed by atoms with Gasteiger partial charge in [-0.3, -0.25) is 9.78 Å². The van der Waals surface area contributed by atoms with E-state index in [1.54, 1.807) is 17.5 Å². The molecule has 0 fully saturated rings. The molecule has 4 rings (SSSR count). The number of rotatable bonds is 8. The lowest BCUT2D eigenvalue weighted by Gasteiger charge is -2.36. The lowest BCUT2D eigenvalue weighted by atomic mass is 9.96. The molecule has 1 amide bonds. The van der Waals surface area contributed by atoms with E-state index in [-0.39, 0.29) is 30.4 Å². The van der Waals surface area contributed by atoms with Crippen LogP contribution in [0.25, 0.3) is 0 Å². The third-order valence-corrected chi connectivity index (χ3v) is 6.78. The lowest BCUT2D eigenvalue weighted by molar-refractivity contribution is -0.143. The van der Waals surface area contributed by atoms with Crippen molar-refractivity contribution in [3.8, 4) is 0 Å². The molecule has 1 atom stereocenters. The minimum atomic E-state index is -0.377. The number of nitrogens with zero attached hydrogens (tertiary/aromatic N) is 3. The Morgan fingerprint density at radius 3 is 2.82 bits per heavy atom. The molecule has 2 aliphatic heterocycles. The molecule has 33 heavy (non-hydrogen) atoms. The fourth-order valence-corrected chi connectivity index (χ4v) is 5.40. The molecule has 0 saturated carbocycles. The first-order chi connectivity index (χ1) is 15.9. The number of thiophene rings is 1. The van der Waals surface area contributed by atoms with Gasteiger partial charge < -0.3 is 15.0 Å². The van der Waals surface area contributed by atoms with Gasteiger partial charge in [0, 0.05) is 30.6 Å². The maximum Gasteiger partial charge on any atom is 0.338 e. The lowest BCUT2D eigenvalue weighted by Crippen LogP contribution is -2.38. The predicted octanol–water partition coefficient (Wildman–Crippen LogP) is 4.42. The highest BCUT2D eigenvalue weighted by Crippen LogP contribution is 2.45. The van der Waals surface area contributed by atoms with Gasteiger partial charge >= 0.3 is 5.97 Å². The molecule has 0 aromatic carbocycles. The maximum absolute atomic E-state index is 13.0. The summed E-state index contributed by atoms with van der Waals surface area (Å²) in [6.45, 7) is 6.01. The smallest absolute Gasteiger partial charge is 0.338 e. The summed E-state index contributed by atoms with van der Waals surface area (Å²) in [5.41, 5.74) is 3.88. The largest absolute Gasteiger partial charge is 0.459 e. The minimum Gasteiger partial charge on any atom is -0.459 e. The van der Waals surface area contributed by atoms with Crippen molar-refractivity contribution >= 4 is 40.1 Å². The van der Waals surface area contributed by atoms with Gasteiger partial charge in [0.1, 0.15) is 0 Å². The topological polar surface area (TPSA) is 83.9 Å². The van der Waals surface area contributed by atoms with Crippen LogP contribution in [-0.2, 0) is 20.7 Å². The highest BCUT2D eigenvalue weighted by molar-refractivity contribution is 8.16. The number of amides is 1. The van der Waals surface area contributed by atoms with E-state index in [9.17, 15) is 9.59 Å². The summed E-state index contributed by atoms with van der Waals surface area (Å²) in [6, 6.07) is 7.37. The van der Waals surface area contributed by atoms with Gasteiger partial charge in [0.05, 0.1) is 29.8 Å². The van der Waals surface area contributed by atoms with E-state index in [1.165, 1.54) is 11.8 Å². The molecule has 2 aliphatic rings. The molecule has 2 aromatic heterocycles. The van der Waals surface area contributed by atoms with E-state index in [2.05, 4.69) is 15.3 Å². The molecule has 2 aromatic rings. The van der Waals surface area contributed by atoms with Crippen molar-refractivity contribution in [1.29, 1.82) is 0 Å². The fraction of sp³-hybridized carbons (Fsp3) is 0.333. The number of fused-ring (bicyclic) bond motifs is 1. The molecule has 7 nitrogen and oxygen atoms in total. The van der Waals surface area contributed by atoms with Crippen molar-refractivity contribution in [3.05, 3.63) is 74.9 Å². The zero-order chi connectivity index (χ0) is 23.4. The van der Waals surface area contributed by atoms with E-state index in [0.29, 0.717) is 24.2 Å². The number of carbonyl (C=O) groups is 2. The Bertz CT molecular complexity index is 1110. The molecule has 1 N–H and O–H groups in total. The van der Waals surface area contributed by atoms with Crippen LogP contribution in [0.1, 0.15) is 44.5 Å². The predicted molar refractivity (Wildman–Crippen MR) is 132 cm³/mol. The second kappa shape index (κ2) is 10.4. The normalized spacial score (nSPS) is 17.6. The van der Waals surface area contributed by atoms with E-state index >= 15 is 0 Å². The van der Waals surface area contributed by atoms with E-state index < -0.39 is 0 Å². The highest BCUT2D eigenvalue weighted by atomic mass is 32.2. The van der Waals surface area contributed by atoms with Gasteiger partial charge in [0.25, 0.3) is 0 Å². The molecule has 9 heteroatoms. The SMILES string of the molecule is CC1=C(C(=O)OC(C)C)C(c2ccsc2)N2C(CC(=O)NCCc3ccccn3)=CSC2=N1. The first kappa shape index (κ1) is 23.3. The number of nitrogens with one attached hydrogen (secondary N) is 1. The van der Waals surface area contributed by atoms with E-state index in [4.69, 9.17) is 4.74 Å². The number of ether oxygens (including phenoxy) is 1. The zero-order valence-corrected chi connectivity index (χ0v) is 20.4. The van der Waals surface area contributed by atoms with Crippen LogP contribution in [-0.4, -0.2) is 39.6 Å². The third-order valence-electron chi connectivity index (χ3n) is 5.19. The van der Waals surface area contributed by atoms with Crippen molar-refractivity contribution in [2.45, 2.75) is 45.8 Å². The van der Waals surface area contributed by atoms with Gasteiger partial charge in [-0.1, -0.05) is 17.8 Å². The van der Waals surface area contributed by atoms with E-state index in [0.717, 1.165) is 22.1 Å². The average molecular weight is 483 g/mol. The molecule has 0 spiro atoms. The molecule has 0 radical (unpaired) electrons. The number of aliphatic imine (C=N–C) groups is 1. The van der Waals surface area contributed by atoms with Gasteiger partial charge in [-0.05, 0) is 60.7 Å². The van der Waals surface area contributed by atoms with Crippen LogP contribution in [0.4, 0.5) is 0 Å². The molecule has 1 unspecified atom stereocenters. The summed E-state index contributed by atoms with van der Waals surface area (Å²) < 4.78 is 5.55. The van der Waals surface area contributed by atoms with Gasteiger partial charge in [0.15, 0.2) is 5.17 Å². The van der Waals surface area contributed by atoms with Crippen LogP contribution < -0.4 is 5.32 Å².